The lowest BCUT2D eigenvalue weighted by Crippen LogP contribution is -2.50. The van der Waals surface area contributed by atoms with E-state index in [9.17, 15) is 5.11 Å². The highest BCUT2D eigenvalue weighted by molar-refractivity contribution is 5.38. The van der Waals surface area contributed by atoms with E-state index in [1.54, 1.807) is 0 Å². The third-order valence-electron chi connectivity index (χ3n) is 5.20. The first kappa shape index (κ1) is 18.5. The lowest BCUT2D eigenvalue weighted by Gasteiger charge is -2.39. The second-order valence-electron chi connectivity index (χ2n) is 7.28. The summed E-state index contributed by atoms with van der Waals surface area (Å²) in [4.78, 5) is 6.90. The summed E-state index contributed by atoms with van der Waals surface area (Å²) in [6.07, 6.45) is 1.98. The fourth-order valence-corrected chi connectivity index (χ4v) is 3.70. The minimum atomic E-state index is -0.322. The molecule has 3 heterocycles. The molecule has 0 saturated carbocycles. The van der Waals surface area contributed by atoms with Crippen LogP contribution in [0.2, 0.25) is 0 Å². The molecule has 2 aliphatic heterocycles. The number of hydrogen-bond acceptors (Lipinski definition) is 7. The summed E-state index contributed by atoms with van der Waals surface area (Å²) in [5.41, 5.74) is 0.945. The maximum absolute atomic E-state index is 10.5. The number of aryl methyl sites for hydroxylation is 1. The van der Waals surface area contributed by atoms with E-state index in [0.717, 1.165) is 70.3 Å². The number of β-amino-alcohol motifs (C(OH)–C–C–N with tert-alkyl or cyclic N) is 1. The van der Waals surface area contributed by atoms with Crippen LogP contribution in [0.3, 0.4) is 0 Å². The van der Waals surface area contributed by atoms with Crippen molar-refractivity contribution in [3.8, 4) is 0 Å². The molecule has 1 aromatic rings. The van der Waals surface area contributed by atoms with E-state index in [1.165, 1.54) is 0 Å². The zero-order valence-corrected chi connectivity index (χ0v) is 15.5. The van der Waals surface area contributed by atoms with E-state index in [-0.39, 0.29) is 6.10 Å². The normalized spacial score (nSPS) is 23.8. The summed E-state index contributed by atoms with van der Waals surface area (Å²) in [5.74, 6) is 0.956. The van der Waals surface area contributed by atoms with Gasteiger partial charge in [-0.3, -0.25) is 9.80 Å². The molecule has 7 nitrogen and oxygen atoms in total. The minimum Gasteiger partial charge on any atom is -0.390 e. The Morgan fingerprint density at radius 2 is 2.08 bits per heavy atom. The van der Waals surface area contributed by atoms with Crippen molar-refractivity contribution in [2.24, 2.45) is 0 Å². The van der Waals surface area contributed by atoms with Crippen LogP contribution in [0.1, 0.15) is 18.5 Å². The molecule has 0 amide bonds. The molecule has 2 saturated heterocycles. The van der Waals surface area contributed by atoms with E-state index in [1.807, 2.05) is 13.0 Å². The van der Waals surface area contributed by atoms with Crippen LogP contribution in [-0.4, -0.2) is 96.8 Å². The molecule has 0 spiro atoms. The maximum atomic E-state index is 10.5. The fourth-order valence-electron chi connectivity index (χ4n) is 3.70. The van der Waals surface area contributed by atoms with E-state index in [4.69, 9.17) is 4.74 Å². The average molecular weight is 349 g/mol. The molecule has 1 N–H and O–H groups in total. The number of piperidine rings is 1. The van der Waals surface area contributed by atoms with Crippen LogP contribution in [0.25, 0.3) is 0 Å². The van der Waals surface area contributed by atoms with E-state index < -0.39 is 0 Å². The van der Waals surface area contributed by atoms with Crippen molar-refractivity contribution in [2.45, 2.75) is 31.9 Å². The molecule has 0 aliphatic carbocycles. The van der Waals surface area contributed by atoms with Gasteiger partial charge in [-0.05, 0) is 38.9 Å². The van der Waals surface area contributed by atoms with Crippen molar-refractivity contribution in [2.75, 3.05) is 64.4 Å². The third kappa shape index (κ3) is 5.34. The van der Waals surface area contributed by atoms with Gasteiger partial charge in [0.15, 0.2) is 5.82 Å². The van der Waals surface area contributed by atoms with Crippen LogP contribution in [-0.2, 0) is 4.74 Å². The first-order valence-corrected chi connectivity index (χ1v) is 9.35. The molecule has 2 unspecified atom stereocenters. The molecule has 25 heavy (non-hydrogen) atoms. The number of ether oxygens (including phenoxy) is 1. The van der Waals surface area contributed by atoms with Gasteiger partial charge >= 0.3 is 0 Å². The second-order valence-corrected chi connectivity index (χ2v) is 7.28. The number of aromatic nitrogens is 2. The van der Waals surface area contributed by atoms with Crippen molar-refractivity contribution < 1.29 is 9.84 Å². The van der Waals surface area contributed by atoms with Gasteiger partial charge in [0, 0.05) is 45.3 Å². The summed E-state index contributed by atoms with van der Waals surface area (Å²) in [7, 11) is 2.12. The molecule has 0 radical (unpaired) electrons. The smallest absolute Gasteiger partial charge is 0.151 e. The van der Waals surface area contributed by atoms with Gasteiger partial charge in [0.1, 0.15) is 0 Å². The van der Waals surface area contributed by atoms with Crippen molar-refractivity contribution in [3.05, 3.63) is 17.8 Å². The Morgan fingerprint density at radius 3 is 2.80 bits per heavy atom. The zero-order valence-electron chi connectivity index (χ0n) is 15.5. The van der Waals surface area contributed by atoms with Gasteiger partial charge in [0.25, 0.3) is 0 Å². The largest absolute Gasteiger partial charge is 0.390 e. The highest BCUT2D eigenvalue weighted by Gasteiger charge is 2.26. The molecule has 2 aliphatic rings. The quantitative estimate of drug-likeness (QED) is 0.796. The van der Waals surface area contributed by atoms with Gasteiger partial charge in [-0.1, -0.05) is 0 Å². The minimum absolute atomic E-state index is 0.322. The Bertz CT molecular complexity index is 521. The first-order chi connectivity index (χ1) is 12.1. The van der Waals surface area contributed by atoms with E-state index >= 15 is 0 Å². The standard InChI is InChI=1S/C18H31N5O2/c1-15-5-6-18(20-19-15)23-7-3-4-16(12-23)21(2)13-17(24)14-22-8-10-25-11-9-22/h5-6,16-17,24H,3-4,7-14H2,1-2H3. The number of anilines is 1. The summed E-state index contributed by atoms with van der Waals surface area (Å²) >= 11 is 0. The molecule has 140 valence electrons. The van der Waals surface area contributed by atoms with Crippen molar-refractivity contribution in [3.63, 3.8) is 0 Å². The van der Waals surface area contributed by atoms with E-state index in [0.29, 0.717) is 12.6 Å². The zero-order chi connectivity index (χ0) is 17.6. The monoisotopic (exact) mass is 349 g/mol. The maximum Gasteiger partial charge on any atom is 0.151 e. The molecule has 2 atom stereocenters. The molecular formula is C18H31N5O2. The Kier molecular flexibility index (Phi) is 6.58. The van der Waals surface area contributed by atoms with Crippen LogP contribution in [0.15, 0.2) is 12.1 Å². The topological polar surface area (TPSA) is 65.0 Å². The second kappa shape index (κ2) is 8.89. The predicted molar refractivity (Wildman–Crippen MR) is 97.9 cm³/mol. The Labute approximate surface area is 150 Å². The van der Waals surface area contributed by atoms with Crippen LogP contribution in [0, 0.1) is 6.92 Å². The van der Waals surface area contributed by atoms with Crippen molar-refractivity contribution in [1.82, 2.24) is 20.0 Å². The fraction of sp³-hybridized carbons (Fsp3) is 0.778. The number of hydrogen-bond donors (Lipinski definition) is 1. The number of likely N-dealkylation sites (N-methyl/N-ethyl adjacent to an activating group) is 1. The molecule has 0 bridgehead atoms. The summed E-state index contributed by atoms with van der Waals surface area (Å²) in [6.45, 7) is 8.75. The Balaban J connectivity index is 1.49. The van der Waals surface area contributed by atoms with Gasteiger partial charge < -0.3 is 14.7 Å². The molecule has 0 aromatic carbocycles. The number of aliphatic hydroxyl groups excluding tert-OH is 1. The lowest BCUT2D eigenvalue weighted by atomic mass is 10.0. The van der Waals surface area contributed by atoms with E-state index in [2.05, 4.69) is 38.0 Å². The van der Waals surface area contributed by atoms with Gasteiger partial charge in [-0.15, -0.1) is 5.10 Å². The number of morpholine rings is 1. The summed E-state index contributed by atoms with van der Waals surface area (Å²) in [6, 6.07) is 4.51. The number of aliphatic hydroxyl groups is 1. The van der Waals surface area contributed by atoms with Crippen LogP contribution in [0.5, 0.6) is 0 Å². The molecular weight excluding hydrogens is 318 g/mol. The van der Waals surface area contributed by atoms with Crippen LogP contribution >= 0.6 is 0 Å². The predicted octanol–water partition coefficient (Wildman–Crippen LogP) is 0.379. The molecule has 3 rings (SSSR count). The van der Waals surface area contributed by atoms with Gasteiger partial charge in [-0.2, -0.15) is 5.10 Å². The van der Waals surface area contributed by atoms with Crippen molar-refractivity contribution in [1.29, 1.82) is 0 Å². The van der Waals surface area contributed by atoms with Crippen LogP contribution in [0.4, 0.5) is 5.82 Å². The Morgan fingerprint density at radius 1 is 1.28 bits per heavy atom. The van der Waals surface area contributed by atoms with Gasteiger partial charge in [0.2, 0.25) is 0 Å². The molecule has 7 heteroatoms. The highest BCUT2D eigenvalue weighted by Crippen LogP contribution is 2.20. The SMILES string of the molecule is Cc1ccc(N2CCCC(N(C)CC(O)CN3CCOCC3)C2)nn1. The molecule has 2 fully saturated rings. The molecule has 1 aromatic heterocycles. The Hall–Kier alpha value is -1.28. The third-order valence-corrected chi connectivity index (χ3v) is 5.20. The van der Waals surface area contributed by atoms with Crippen LogP contribution < -0.4 is 4.90 Å². The average Bonchev–Trinajstić information content (AvgIpc) is 2.63. The lowest BCUT2D eigenvalue weighted by molar-refractivity contribution is 0.00529. The number of nitrogens with zero attached hydrogens (tertiary/aromatic N) is 5. The number of rotatable bonds is 6. The van der Waals surface area contributed by atoms with Gasteiger partial charge in [0.05, 0.1) is 25.0 Å². The van der Waals surface area contributed by atoms with Crippen molar-refractivity contribution >= 4 is 5.82 Å². The van der Waals surface area contributed by atoms with Gasteiger partial charge in [-0.25, -0.2) is 0 Å². The highest BCUT2D eigenvalue weighted by atomic mass is 16.5. The summed E-state index contributed by atoms with van der Waals surface area (Å²) in [5, 5.41) is 19.0. The first-order valence-electron chi connectivity index (χ1n) is 9.35. The summed E-state index contributed by atoms with van der Waals surface area (Å²) < 4.78 is 5.37.